The molecule has 35 heavy (non-hydrogen) atoms. The Morgan fingerprint density at radius 3 is 2.34 bits per heavy atom. The van der Waals surface area contributed by atoms with Crippen molar-refractivity contribution in [1.29, 1.82) is 0 Å². The number of carbonyl (C=O) groups is 3. The molecule has 3 rings (SSSR count). The Balaban J connectivity index is 1.94. The van der Waals surface area contributed by atoms with E-state index in [1.165, 1.54) is 23.1 Å². The second kappa shape index (κ2) is 11.0. The van der Waals surface area contributed by atoms with Crippen molar-refractivity contribution >= 4 is 50.9 Å². The normalized spacial score (nSPS) is 15.9. The maximum Gasteiger partial charge on any atom is 0.269 e. The summed E-state index contributed by atoms with van der Waals surface area (Å²) in [6, 6.07) is 9.61. The number of benzene rings is 2. The van der Waals surface area contributed by atoms with Crippen molar-refractivity contribution in [2.24, 2.45) is 0 Å². The van der Waals surface area contributed by atoms with Crippen LogP contribution in [0.25, 0.3) is 0 Å². The summed E-state index contributed by atoms with van der Waals surface area (Å²) in [7, 11) is -4.19. The van der Waals surface area contributed by atoms with Crippen molar-refractivity contribution in [1.82, 2.24) is 14.5 Å². The van der Waals surface area contributed by atoms with Gasteiger partial charge in [0, 0.05) is 12.6 Å². The van der Waals surface area contributed by atoms with Gasteiger partial charge in [0.05, 0.1) is 15.6 Å². The van der Waals surface area contributed by atoms with E-state index in [-0.39, 0.29) is 40.4 Å². The Bertz CT molecular complexity index is 1250. The van der Waals surface area contributed by atoms with Crippen molar-refractivity contribution in [3.05, 3.63) is 63.6 Å². The van der Waals surface area contributed by atoms with Gasteiger partial charge in [-0.25, -0.2) is 12.7 Å². The smallest absolute Gasteiger partial charge is 0.269 e. The number of hydrogen-bond donors (Lipinski definition) is 1. The maximum atomic E-state index is 13.5. The van der Waals surface area contributed by atoms with Crippen molar-refractivity contribution in [2.45, 2.75) is 57.1 Å². The Labute approximate surface area is 215 Å². The van der Waals surface area contributed by atoms with Crippen LogP contribution in [0, 0.1) is 0 Å². The van der Waals surface area contributed by atoms with Crippen LogP contribution in [0.15, 0.2) is 47.4 Å². The molecule has 0 fully saturated rings. The molecule has 0 radical (unpaired) electrons. The topological polar surface area (TPSA) is 104 Å². The van der Waals surface area contributed by atoms with Crippen LogP contribution in [0.4, 0.5) is 0 Å². The summed E-state index contributed by atoms with van der Waals surface area (Å²) >= 11 is 12.2. The molecular formula is C24H27Cl2N3O5S. The van der Waals surface area contributed by atoms with E-state index in [2.05, 4.69) is 5.32 Å². The van der Waals surface area contributed by atoms with Gasteiger partial charge in [-0.15, -0.1) is 0 Å². The van der Waals surface area contributed by atoms with Crippen LogP contribution in [0.5, 0.6) is 0 Å². The number of nitrogens with zero attached hydrogens (tertiary/aromatic N) is 2. The number of carbonyl (C=O) groups excluding carboxylic acids is 3. The third kappa shape index (κ3) is 5.63. The highest BCUT2D eigenvalue weighted by atomic mass is 35.5. The maximum absolute atomic E-state index is 13.5. The van der Waals surface area contributed by atoms with Crippen LogP contribution in [0.3, 0.4) is 0 Å². The largest absolute Gasteiger partial charge is 0.352 e. The highest BCUT2D eigenvalue weighted by Gasteiger charge is 2.43. The molecule has 11 heteroatoms. The van der Waals surface area contributed by atoms with Gasteiger partial charge in [0.25, 0.3) is 15.9 Å². The fourth-order valence-electron chi connectivity index (χ4n) is 3.80. The molecule has 1 N–H and O–H groups in total. The fraction of sp³-hybridized carbons (Fsp3) is 0.375. The van der Waals surface area contributed by atoms with E-state index in [1.807, 2.05) is 13.8 Å². The lowest BCUT2D eigenvalue weighted by atomic mass is 10.1. The van der Waals surface area contributed by atoms with E-state index in [0.29, 0.717) is 21.3 Å². The van der Waals surface area contributed by atoms with Gasteiger partial charge < -0.3 is 10.2 Å². The summed E-state index contributed by atoms with van der Waals surface area (Å²) in [5, 5.41) is 3.49. The van der Waals surface area contributed by atoms with Crippen LogP contribution in [0.2, 0.25) is 10.0 Å². The highest BCUT2D eigenvalue weighted by molar-refractivity contribution is 7.90. The third-order valence-electron chi connectivity index (χ3n) is 5.91. The lowest BCUT2D eigenvalue weighted by Gasteiger charge is -2.32. The van der Waals surface area contributed by atoms with Gasteiger partial charge in [0.2, 0.25) is 11.8 Å². The molecule has 0 aromatic heterocycles. The first-order valence-electron chi connectivity index (χ1n) is 11.2. The quantitative estimate of drug-likeness (QED) is 0.520. The molecule has 2 aromatic carbocycles. The van der Waals surface area contributed by atoms with Crippen LogP contribution < -0.4 is 5.32 Å². The minimum absolute atomic E-state index is 0.0119. The molecule has 2 atom stereocenters. The first kappa shape index (κ1) is 27.0. The lowest BCUT2D eigenvalue weighted by molar-refractivity contribution is -0.141. The number of halogens is 2. The Morgan fingerprint density at radius 2 is 1.74 bits per heavy atom. The molecule has 0 aliphatic carbocycles. The van der Waals surface area contributed by atoms with E-state index in [0.717, 1.165) is 0 Å². The van der Waals surface area contributed by atoms with Gasteiger partial charge in [0.15, 0.2) is 0 Å². The predicted octanol–water partition coefficient (Wildman–Crippen LogP) is 3.86. The molecule has 1 aliphatic heterocycles. The molecule has 188 valence electrons. The highest BCUT2D eigenvalue weighted by Crippen LogP contribution is 2.30. The predicted molar refractivity (Wildman–Crippen MR) is 134 cm³/mol. The Kier molecular flexibility index (Phi) is 8.46. The van der Waals surface area contributed by atoms with Crippen molar-refractivity contribution < 1.29 is 22.8 Å². The van der Waals surface area contributed by atoms with E-state index < -0.39 is 34.4 Å². The van der Waals surface area contributed by atoms with Crippen molar-refractivity contribution in [2.75, 3.05) is 6.54 Å². The molecule has 3 amide bonds. The SMILES string of the molecule is CC[C@H](C)NC(=O)[C@H](CC)N(Cc1ccc(Cl)c(Cl)c1)C(=O)CN1C(=O)c2ccccc2S1(=O)=O. The molecule has 0 unspecified atom stereocenters. The molecule has 0 saturated carbocycles. The molecule has 1 heterocycles. The number of nitrogens with one attached hydrogen (secondary N) is 1. The summed E-state index contributed by atoms with van der Waals surface area (Å²) in [4.78, 5) is 40.6. The van der Waals surface area contributed by atoms with Crippen LogP contribution in [-0.4, -0.2) is 54.0 Å². The second-order valence-corrected chi connectivity index (χ2v) is 11.0. The van der Waals surface area contributed by atoms with Gasteiger partial charge in [0.1, 0.15) is 17.5 Å². The van der Waals surface area contributed by atoms with E-state index in [4.69, 9.17) is 23.2 Å². The van der Waals surface area contributed by atoms with Crippen molar-refractivity contribution in [3.63, 3.8) is 0 Å². The first-order valence-corrected chi connectivity index (χ1v) is 13.4. The minimum atomic E-state index is -4.19. The van der Waals surface area contributed by atoms with Gasteiger partial charge in [-0.1, -0.05) is 55.2 Å². The average Bonchev–Trinajstić information content (AvgIpc) is 3.01. The third-order valence-corrected chi connectivity index (χ3v) is 8.44. The van der Waals surface area contributed by atoms with E-state index >= 15 is 0 Å². The average molecular weight is 540 g/mol. The molecule has 0 bridgehead atoms. The summed E-state index contributed by atoms with van der Waals surface area (Å²) in [6.45, 7) is 4.76. The van der Waals surface area contributed by atoms with Gasteiger partial charge in [-0.05, 0) is 49.6 Å². The minimum Gasteiger partial charge on any atom is -0.352 e. The Hall–Kier alpha value is -2.62. The summed E-state index contributed by atoms with van der Waals surface area (Å²) in [5.74, 6) is -1.83. The standard InChI is InChI=1S/C24H27Cl2N3O5S/c1-4-15(3)27-23(31)20(5-2)28(13-16-10-11-18(25)19(26)12-16)22(30)14-29-24(32)17-8-6-7-9-21(17)35(29,33)34/h6-12,15,20H,4-5,13-14H2,1-3H3,(H,27,31)/t15-,20-/m0/s1. The molecule has 8 nitrogen and oxygen atoms in total. The zero-order valence-electron chi connectivity index (χ0n) is 19.6. The number of hydrogen-bond acceptors (Lipinski definition) is 5. The molecular weight excluding hydrogens is 513 g/mol. The van der Waals surface area contributed by atoms with Gasteiger partial charge >= 0.3 is 0 Å². The second-order valence-electron chi connectivity index (χ2n) is 8.33. The monoisotopic (exact) mass is 539 g/mol. The number of amides is 3. The number of sulfonamides is 1. The van der Waals surface area contributed by atoms with Crippen LogP contribution in [0.1, 0.15) is 49.5 Å². The number of rotatable bonds is 9. The Morgan fingerprint density at radius 1 is 1.06 bits per heavy atom. The van der Waals surface area contributed by atoms with Crippen LogP contribution >= 0.6 is 23.2 Å². The molecule has 0 saturated heterocycles. The van der Waals surface area contributed by atoms with E-state index in [1.54, 1.807) is 31.2 Å². The zero-order valence-corrected chi connectivity index (χ0v) is 22.0. The molecule has 1 aliphatic rings. The number of fused-ring (bicyclic) bond motifs is 1. The fourth-order valence-corrected chi connectivity index (χ4v) is 5.64. The molecule has 0 spiro atoms. The first-order chi connectivity index (χ1) is 16.5. The van der Waals surface area contributed by atoms with Crippen LogP contribution in [-0.2, 0) is 26.2 Å². The van der Waals surface area contributed by atoms with Crippen molar-refractivity contribution in [3.8, 4) is 0 Å². The lowest BCUT2D eigenvalue weighted by Crippen LogP contribution is -2.53. The summed E-state index contributed by atoms with van der Waals surface area (Å²) in [6.07, 6.45) is 0.970. The molecule has 2 aromatic rings. The summed E-state index contributed by atoms with van der Waals surface area (Å²) < 4.78 is 26.5. The van der Waals surface area contributed by atoms with E-state index in [9.17, 15) is 22.8 Å². The van der Waals surface area contributed by atoms with Gasteiger partial charge in [-0.3, -0.25) is 14.4 Å². The zero-order chi connectivity index (χ0) is 25.9. The summed E-state index contributed by atoms with van der Waals surface area (Å²) in [5.41, 5.74) is 0.610. The van der Waals surface area contributed by atoms with Gasteiger partial charge in [-0.2, -0.15) is 0 Å².